The number of rotatable bonds is 2. The van der Waals surface area contributed by atoms with Gasteiger partial charge in [0.15, 0.2) is 0 Å². The smallest absolute Gasteiger partial charge is 0.314 e. The van der Waals surface area contributed by atoms with E-state index in [9.17, 15) is 9.90 Å². The van der Waals surface area contributed by atoms with Crippen LogP contribution in [0.5, 0.6) is 0 Å². The van der Waals surface area contributed by atoms with Gasteiger partial charge in [-0.3, -0.25) is 9.78 Å². The molecule has 0 amide bonds. The molecule has 0 saturated heterocycles. The average Bonchev–Trinajstić information content (AvgIpc) is 2.68. The van der Waals surface area contributed by atoms with Crippen LogP contribution in [0.15, 0.2) is 18.5 Å². The first kappa shape index (κ1) is 10.1. The van der Waals surface area contributed by atoms with Gasteiger partial charge in [0, 0.05) is 12.4 Å². The van der Waals surface area contributed by atoms with Gasteiger partial charge in [0.05, 0.1) is 5.41 Å². The predicted molar refractivity (Wildman–Crippen MR) is 56.8 cm³/mol. The summed E-state index contributed by atoms with van der Waals surface area (Å²) >= 11 is 0. The van der Waals surface area contributed by atoms with Gasteiger partial charge in [-0.1, -0.05) is 12.8 Å². The maximum Gasteiger partial charge on any atom is 0.314 e. The molecular weight excluding hydrogens is 190 g/mol. The molecule has 1 heterocycles. The monoisotopic (exact) mass is 205 g/mol. The molecule has 80 valence electrons. The second-order valence-corrected chi connectivity index (χ2v) is 4.28. The molecule has 0 spiro atoms. The molecule has 3 heteroatoms. The van der Waals surface area contributed by atoms with E-state index in [1.165, 1.54) is 0 Å². The van der Waals surface area contributed by atoms with Crippen LogP contribution in [0.1, 0.15) is 36.8 Å². The number of carboxylic acid groups (broad SMARTS) is 1. The predicted octanol–water partition coefficient (Wildman–Crippen LogP) is 2.29. The van der Waals surface area contributed by atoms with Crippen molar-refractivity contribution in [1.29, 1.82) is 0 Å². The number of aryl methyl sites for hydroxylation is 1. The van der Waals surface area contributed by atoms with Gasteiger partial charge in [-0.05, 0) is 37.0 Å². The molecule has 0 aliphatic heterocycles. The van der Waals surface area contributed by atoms with Crippen molar-refractivity contribution >= 4 is 5.97 Å². The highest BCUT2D eigenvalue weighted by molar-refractivity contribution is 5.82. The summed E-state index contributed by atoms with van der Waals surface area (Å²) in [5.74, 6) is -0.698. The Hall–Kier alpha value is -1.38. The van der Waals surface area contributed by atoms with Gasteiger partial charge in [-0.25, -0.2) is 0 Å². The van der Waals surface area contributed by atoms with Gasteiger partial charge in [-0.2, -0.15) is 0 Å². The molecule has 0 radical (unpaired) electrons. The van der Waals surface area contributed by atoms with Gasteiger partial charge in [-0.15, -0.1) is 0 Å². The van der Waals surface area contributed by atoms with Crippen LogP contribution in [0.4, 0.5) is 0 Å². The summed E-state index contributed by atoms with van der Waals surface area (Å²) in [6, 6.07) is 1.89. The summed E-state index contributed by atoms with van der Waals surface area (Å²) in [5.41, 5.74) is 1.27. The number of nitrogens with zero attached hydrogens (tertiary/aromatic N) is 1. The number of hydrogen-bond acceptors (Lipinski definition) is 2. The molecule has 0 atom stereocenters. The minimum Gasteiger partial charge on any atom is -0.481 e. The third kappa shape index (κ3) is 1.52. The first-order valence-corrected chi connectivity index (χ1v) is 5.31. The number of carboxylic acids is 1. The van der Waals surface area contributed by atoms with Gasteiger partial charge in [0.2, 0.25) is 0 Å². The maximum absolute atomic E-state index is 11.4. The third-order valence-corrected chi connectivity index (χ3v) is 3.42. The molecule has 1 fully saturated rings. The molecule has 1 aromatic rings. The van der Waals surface area contributed by atoms with Crippen molar-refractivity contribution in [3.63, 3.8) is 0 Å². The van der Waals surface area contributed by atoms with Crippen molar-refractivity contribution in [3.8, 4) is 0 Å². The van der Waals surface area contributed by atoms with Crippen molar-refractivity contribution in [2.24, 2.45) is 0 Å². The molecule has 1 aromatic heterocycles. The van der Waals surface area contributed by atoms with Gasteiger partial charge in [0.1, 0.15) is 0 Å². The van der Waals surface area contributed by atoms with E-state index in [4.69, 9.17) is 0 Å². The summed E-state index contributed by atoms with van der Waals surface area (Å²) in [7, 11) is 0. The Kier molecular flexibility index (Phi) is 2.47. The Balaban J connectivity index is 2.50. The third-order valence-electron chi connectivity index (χ3n) is 3.42. The first-order chi connectivity index (χ1) is 7.17. The van der Waals surface area contributed by atoms with Crippen LogP contribution < -0.4 is 0 Å². The standard InChI is InChI=1S/C12H15NO2/c1-9-4-7-13-8-10(9)12(11(14)15)5-2-3-6-12/h4,7-8H,2-3,5-6H2,1H3,(H,14,15). The zero-order chi connectivity index (χ0) is 10.9. The van der Waals surface area contributed by atoms with Crippen LogP contribution in [-0.2, 0) is 10.2 Å². The minimum absolute atomic E-state index is 0.668. The van der Waals surface area contributed by atoms with Crippen LogP contribution in [0.2, 0.25) is 0 Å². The molecule has 0 unspecified atom stereocenters. The molecule has 1 aliphatic carbocycles. The highest BCUT2D eigenvalue weighted by atomic mass is 16.4. The molecule has 1 N–H and O–H groups in total. The van der Waals surface area contributed by atoms with Crippen LogP contribution in [0.25, 0.3) is 0 Å². The molecule has 1 saturated carbocycles. The molecule has 2 rings (SSSR count). The molecule has 3 nitrogen and oxygen atoms in total. The normalized spacial score (nSPS) is 19.0. The van der Waals surface area contributed by atoms with Gasteiger partial charge >= 0.3 is 5.97 Å². The largest absolute Gasteiger partial charge is 0.481 e. The van der Waals surface area contributed by atoms with Crippen LogP contribution in [0, 0.1) is 6.92 Å². The van der Waals surface area contributed by atoms with E-state index in [0.717, 1.165) is 36.8 Å². The zero-order valence-corrected chi connectivity index (χ0v) is 8.86. The fourth-order valence-corrected chi connectivity index (χ4v) is 2.54. The van der Waals surface area contributed by atoms with Crippen molar-refractivity contribution in [1.82, 2.24) is 4.98 Å². The molecule has 0 aromatic carbocycles. The Bertz CT molecular complexity index is 381. The number of carbonyl (C=O) groups is 1. The SMILES string of the molecule is Cc1ccncc1C1(C(=O)O)CCCC1. The van der Waals surface area contributed by atoms with Crippen molar-refractivity contribution in [2.45, 2.75) is 38.0 Å². The first-order valence-electron chi connectivity index (χ1n) is 5.31. The summed E-state index contributed by atoms with van der Waals surface area (Å²) in [5, 5.41) is 9.41. The maximum atomic E-state index is 11.4. The summed E-state index contributed by atoms with van der Waals surface area (Å²) in [4.78, 5) is 15.5. The average molecular weight is 205 g/mol. The number of hydrogen-bond donors (Lipinski definition) is 1. The molecule has 15 heavy (non-hydrogen) atoms. The molecule has 0 bridgehead atoms. The highest BCUT2D eigenvalue weighted by Gasteiger charge is 2.43. The van der Waals surface area contributed by atoms with E-state index in [1.54, 1.807) is 12.4 Å². The van der Waals surface area contributed by atoms with Crippen molar-refractivity contribution in [2.75, 3.05) is 0 Å². The zero-order valence-electron chi connectivity index (χ0n) is 8.86. The van der Waals surface area contributed by atoms with E-state index in [1.807, 2.05) is 13.0 Å². The minimum atomic E-state index is -0.698. The van der Waals surface area contributed by atoms with Crippen LogP contribution >= 0.6 is 0 Å². The molecular formula is C12H15NO2. The van der Waals surface area contributed by atoms with E-state index < -0.39 is 11.4 Å². The van der Waals surface area contributed by atoms with E-state index >= 15 is 0 Å². The fourth-order valence-electron chi connectivity index (χ4n) is 2.54. The Morgan fingerprint density at radius 2 is 2.13 bits per heavy atom. The lowest BCUT2D eigenvalue weighted by atomic mass is 9.78. The lowest BCUT2D eigenvalue weighted by molar-refractivity contribution is -0.143. The second kappa shape index (κ2) is 3.65. The number of pyridine rings is 1. The number of aliphatic carboxylic acids is 1. The summed E-state index contributed by atoms with van der Waals surface area (Å²) in [6.45, 7) is 1.96. The Morgan fingerprint density at radius 3 is 2.67 bits per heavy atom. The second-order valence-electron chi connectivity index (χ2n) is 4.28. The van der Waals surface area contributed by atoms with E-state index in [0.29, 0.717) is 0 Å². The number of aromatic nitrogens is 1. The fraction of sp³-hybridized carbons (Fsp3) is 0.500. The lowest BCUT2D eigenvalue weighted by Gasteiger charge is -2.25. The summed E-state index contributed by atoms with van der Waals surface area (Å²) in [6.07, 6.45) is 6.92. The van der Waals surface area contributed by atoms with E-state index in [2.05, 4.69) is 4.98 Å². The van der Waals surface area contributed by atoms with Crippen LogP contribution in [0.3, 0.4) is 0 Å². The van der Waals surface area contributed by atoms with Crippen molar-refractivity contribution in [3.05, 3.63) is 29.6 Å². The van der Waals surface area contributed by atoms with Crippen molar-refractivity contribution < 1.29 is 9.90 Å². The van der Waals surface area contributed by atoms with Gasteiger partial charge in [0.25, 0.3) is 0 Å². The molecule has 1 aliphatic rings. The highest BCUT2D eigenvalue weighted by Crippen LogP contribution is 2.42. The quantitative estimate of drug-likeness (QED) is 0.805. The van der Waals surface area contributed by atoms with Crippen LogP contribution in [-0.4, -0.2) is 16.1 Å². The topological polar surface area (TPSA) is 50.2 Å². The Morgan fingerprint density at radius 1 is 1.47 bits per heavy atom. The lowest BCUT2D eigenvalue weighted by Crippen LogP contribution is -2.33. The van der Waals surface area contributed by atoms with E-state index in [-0.39, 0.29) is 0 Å². The summed E-state index contributed by atoms with van der Waals surface area (Å²) < 4.78 is 0. The Labute approximate surface area is 89.2 Å². The van der Waals surface area contributed by atoms with Gasteiger partial charge < -0.3 is 5.11 Å².